The summed E-state index contributed by atoms with van der Waals surface area (Å²) < 4.78 is 123. The summed E-state index contributed by atoms with van der Waals surface area (Å²) in [4.78, 5) is 65.8. The fourth-order valence-electron chi connectivity index (χ4n) is 17.4. The van der Waals surface area contributed by atoms with Crippen LogP contribution in [0.4, 0.5) is 0 Å². The van der Waals surface area contributed by atoms with E-state index in [0.29, 0.717) is 0 Å². The molecular formula is C76H129N5O55. The lowest BCUT2D eigenvalue weighted by Gasteiger charge is -2.53. The molecule has 10 rings (SSSR count). The average Bonchev–Trinajstić information content (AvgIpc) is 0.751. The summed E-state index contributed by atoms with van der Waals surface area (Å²) in [6, 6.07) is -10.2. The Kier molecular flexibility index (Phi) is 41.9. The standard InChI is InChI=1S/C76H129N5O55/c1-18-39(98)49(108)54(113)71(118-18)133-63-38(81-23(6)96)70(126-33(16-91)61(63)132-73-56(115)51(110)43(102)28(11-86)121-73)136-66-53(112)45(104)30(13-88)123-76(66)134-64-57(116)74(130-60-32(15-90)124-68(36(47(60)106)79-21(4)94)128-58(25(97)8-83)40(99)24(7-82)77-19(2)92)127-34(62(64)131-67-35(78-20(3)93)46(105)41(100)26(9-84)119-67)17-117-75-65(52(111)44(103)29(12-87)122-75)135-69-37(80-22(5)95)48(107)59(31(14-89)125-69)129-72-55(114)50(109)42(101)27(10-85)120-72/h18,24-76,82-91,97-116H,7-17H2,1-6H3,(H,77,92)(H,78,93)(H,79,94)(H,80,95)(H,81,96)/t18-,24-,25+,26+,27+,28+,29+,30+,31+,32+,33+,34+,35+,36+,37+,38+,39+,40+,41+,42-,43-,44+,45+,46+,47+,48+,49+,50-,51-,52-,53-,54-,55+,56+,57-,58+,59+,60+,61+,62+,63+,64+,65-,66-,67-,68-,69-,70-,71-,72-,73-,74-,75-,76+/m0/s1. The minimum atomic E-state index is -2.86. The summed E-state index contributed by atoms with van der Waals surface area (Å²) in [6.07, 6.45) is -110. The fraction of sp³-hybridized carbons (Fsp3) is 0.934. The van der Waals surface area contributed by atoms with Crippen LogP contribution >= 0.6 is 0 Å². The van der Waals surface area contributed by atoms with Crippen LogP contribution in [0.1, 0.15) is 41.5 Å². The van der Waals surface area contributed by atoms with Crippen molar-refractivity contribution in [1.82, 2.24) is 26.6 Å². The van der Waals surface area contributed by atoms with Crippen molar-refractivity contribution in [3.8, 4) is 0 Å². The molecule has 60 nitrogen and oxygen atoms in total. The zero-order valence-corrected chi connectivity index (χ0v) is 73.6. The van der Waals surface area contributed by atoms with Crippen LogP contribution in [0, 0.1) is 0 Å². The molecule has 0 aromatic carbocycles. The second-order valence-electron chi connectivity index (χ2n) is 34.3. The first-order valence-electron chi connectivity index (χ1n) is 43.4. The molecule has 10 fully saturated rings. The van der Waals surface area contributed by atoms with E-state index >= 15 is 0 Å². The molecule has 0 unspecified atom stereocenters. The number of nitrogens with one attached hydrogen (secondary N) is 5. The van der Waals surface area contributed by atoms with E-state index in [1.54, 1.807) is 0 Å². The number of carbonyl (C=O) groups is 5. The molecule has 54 atom stereocenters. The minimum absolute atomic E-state index is 0.863. The van der Waals surface area contributed by atoms with Gasteiger partial charge in [-0.1, -0.05) is 0 Å². The van der Waals surface area contributed by atoms with Gasteiger partial charge in [0.1, 0.15) is 256 Å². The highest BCUT2D eigenvalue weighted by atomic mass is 16.8. The van der Waals surface area contributed by atoms with E-state index in [1.165, 1.54) is 6.92 Å². The lowest BCUT2D eigenvalue weighted by Crippen LogP contribution is -2.72. The molecule has 5 amide bonds. The lowest BCUT2D eigenvalue weighted by molar-refractivity contribution is -0.411. The van der Waals surface area contributed by atoms with Crippen molar-refractivity contribution in [1.29, 1.82) is 0 Å². The third kappa shape index (κ3) is 25.6. The number of hydrogen-bond donors (Lipinski definition) is 35. The molecule has 0 radical (unpaired) electrons. The molecule has 0 aromatic heterocycles. The van der Waals surface area contributed by atoms with Crippen LogP contribution in [0.5, 0.6) is 0 Å². The van der Waals surface area contributed by atoms with Crippen LogP contribution in [-0.2, 0) is 119 Å². The second kappa shape index (κ2) is 50.2. The zero-order chi connectivity index (χ0) is 101. The minimum Gasteiger partial charge on any atom is -0.394 e. The highest BCUT2D eigenvalue weighted by Crippen LogP contribution is 2.43. The van der Waals surface area contributed by atoms with Crippen molar-refractivity contribution >= 4 is 29.5 Å². The van der Waals surface area contributed by atoms with Crippen LogP contribution < -0.4 is 26.6 Å². The molecule has 0 spiro atoms. The molecule has 0 aromatic rings. The largest absolute Gasteiger partial charge is 0.394 e. The number of rotatable bonds is 39. The van der Waals surface area contributed by atoms with Gasteiger partial charge in [0.05, 0.1) is 84.8 Å². The number of ether oxygens (including phenoxy) is 20. The molecule has 788 valence electrons. The Bertz CT molecular complexity index is 3710. The Morgan fingerprint density at radius 2 is 0.566 bits per heavy atom. The molecular weight excluding hydrogens is 1860 g/mol. The molecule has 35 N–H and O–H groups in total. The maximum Gasteiger partial charge on any atom is 0.217 e. The van der Waals surface area contributed by atoms with E-state index < -0.39 is 433 Å². The monoisotopic (exact) mass is 1990 g/mol. The summed E-state index contributed by atoms with van der Waals surface area (Å²) in [6.45, 7) is -7.88. The van der Waals surface area contributed by atoms with Gasteiger partial charge < -0.3 is 275 Å². The van der Waals surface area contributed by atoms with Gasteiger partial charge in [-0.25, -0.2) is 0 Å². The van der Waals surface area contributed by atoms with Crippen molar-refractivity contribution in [2.75, 3.05) is 72.7 Å². The zero-order valence-electron chi connectivity index (χ0n) is 73.6. The first-order chi connectivity index (χ1) is 64.3. The predicted octanol–water partition coefficient (Wildman–Crippen LogP) is -23.6. The number of amides is 5. The predicted molar refractivity (Wildman–Crippen MR) is 421 cm³/mol. The van der Waals surface area contributed by atoms with Gasteiger partial charge in [0, 0.05) is 34.6 Å². The van der Waals surface area contributed by atoms with Gasteiger partial charge in [-0.3, -0.25) is 24.0 Å². The van der Waals surface area contributed by atoms with E-state index in [4.69, 9.17) is 94.7 Å². The van der Waals surface area contributed by atoms with E-state index in [0.717, 1.165) is 34.6 Å². The number of carbonyl (C=O) groups excluding carboxylic acids is 5. The van der Waals surface area contributed by atoms with Gasteiger partial charge in [-0.15, -0.1) is 0 Å². The average molecular weight is 1990 g/mol. The van der Waals surface area contributed by atoms with Crippen LogP contribution in [0.2, 0.25) is 0 Å². The van der Waals surface area contributed by atoms with Gasteiger partial charge in [-0.2, -0.15) is 0 Å². The van der Waals surface area contributed by atoms with Gasteiger partial charge >= 0.3 is 0 Å². The molecule has 10 saturated heterocycles. The van der Waals surface area contributed by atoms with E-state index in [9.17, 15) is 177 Å². The van der Waals surface area contributed by atoms with E-state index in [2.05, 4.69) is 26.6 Å². The van der Waals surface area contributed by atoms with Gasteiger partial charge in [-0.05, 0) is 6.92 Å². The van der Waals surface area contributed by atoms with Crippen LogP contribution in [0.15, 0.2) is 0 Å². The first kappa shape index (κ1) is 113. The Morgan fingerprint density at radius 1 is 0.265 bits per heavy atom. The topological polar surface area (TPSA) is 937 Å². The Morgan fingerprint density at radius 3 is 1.00 bits per heavy atom. The second-order valence-corrected chi connectivity index (χ2v) is 34.3. The van der Waals surface area contributed by atoms with E-state index in [-0.39, 0.29) is 0 Å². The Hall–Kier alpha value is -4.65. The summed E-state index contributed by atoms with van der Waals surface area (Å²) in [5.74, 6) is -5.08. The number of aliphatic hydroxyl groups excluding tert-OH is 30. The molecule has 10 heterocycles. The number of aliphatic hydroxyl groups is 30. The van der Waals surface area contributed by atoms with Crippen LogP contribution in [-0.4, -0.2) is 587 Å². The summed E-state index contributed by atoms with van der Waals surface area (Å²) >= 11 is 0. The third-order valence-electron chi connectivity index (χ3n) is 24.6. The van der Waals surface area contributed by atoms with Crippen molar-refractivity contribution < 1.29 is 272 Å². The maximum atomic E-state index is 13.8. The summed E-state index contributed by atoms with van der Waals surface area (Å²) in [5, 5.41) is 350. The summed E-state index contributed by atoms with van der Waals surface area (Å²) in [7, 11) is 0. The van der Waals surface area contributed by atoms with E-state index in [1.807, 2.05) is 0 Å². The Balaban J connectivity index is 1.12. The SMILES string of the molecule is CC(=O)N[C@H]1[C@H](O[C@@H]([C@H](O)[C@H](CO)NC(C)=O)[C@H](O)CO)O[C@H](CO)[C@@H](O[C@@H]2O[C@H](CO[C@H]3O[C@H](CO)[C@@H](O)[C@H](O)[C@@H]3O[C@@H]3O[C@H](CO)[C@@H](O[C@@H]4O[C@H](CO)[C@H](O)[C@H](O)[C@H]4O)[C@H](O)[C@H]3NC(C)=O)[C@@H](O[C@@H]3O[C@H](CO)[C@@H](O)[C@H](O)[C@H]3NC(C)=O)[C@H](O[C@H]3O[C@H](CO)[C@@H](O)[C@H](O)[C@@H]3O[C@@H]3O[C@H](CO)[C@@H](O[C@@H]4O[C@H](CO)[C@H](O)[C@H](O)[C@H]4O)[C@H](O[C@@H]4O[C@@H](C)[C@@H](O)[C@@H](O)[C@@H]4O)[C@H]3NC(C)=O)[C@@H]2O)[C@@H]1O. The molecule has 60 heteroatoms. The highest BCUT2D eigenvalue weighted by Gasteiger charge is 2.63. The van der Waals surface area contributed by atoms with Gasteiger partial charge in [0.2, 0.25) is 29.5 Å². The fourth-order valence-corrected chi connectivity index (χ4v) is 17.4. The van der Waals surface area contributed by atoms with Crippen molar-refractivity contribution in [3.63, 3.8) is 0 Å². The third-order valence-corrected chi connectivity index (χ3v) is 24.6. The molecule has 10 aliphatic heterocycles. The molecule has 0 aliphatic carbocycles. The smallest absolute Gasteiger partial charge is 0.217 e. The molecule has 0 saturated carbocycles. The molecule has 136 heavy (non-hydrogen) atoms. The van der Waals surface area contributed by atoms with Crippen molar-refractivity contribution in [2.24, 2.45) is 0 Å². The maximum absolute atomic E-state index is 13.8. The molecule has 10 aliphatic rings. The highest BCUT2D eigenvalue weighted by molar-refractivity contribution is 5.75. The lowest BCUT2D eigenvalue weighted by atomic mass is 9.93. The quantitative estimate of drug-likeness (QED) is 0.0272. The van der Waals surface area contributed by atoms with Gasteiger partial charge in [0.25, 0.3) is 0 Å². The first-order valence-corrected chi connectivity index (χ1v) is 43.4. The number of hydrogen-bond acceptors (Lipinski definition) is 55. The van der Waals surface area contributed by atoms with Gasteiger partial charge in [0.15, 0.2) is 62.9 Å². The van der Waals surface area contributed by atoms with Crippen molar-refractivity contribution in [2.45, 2.75) is 373 Å². The van der Waals surface area contributed by atoms with Crippen LogP contribution in [0.25, 0.3) is 0 Å². The summed E-state index contributed by atoms with van der Waals surface area (Å²) in [5.41, 5.74) is 0. The van der Waals surface area contributed by atoms with Crippen LogP contribution in [0.3, 0.4) is 0 Å². The molecule has 0 bridgehead atoms. The normalized spacial score (nSPS) is 46.7. The Labute approximate surface area is 771 Å². The van der Waals surface area contributed by atoms with Crippen molar-refractivity contribution in [3.05, 3.63) is 0 Å².